The molecule has 4 nitrogen and oxygen atoms in total. The van der Waals surface area contributed by atoms with Crippen LogP contribution in [0.2, 0.25) is 0 Å². The van der Waals surface area contributed by atoms with Gasteiger partial charge in [-0.3, -0.25) is 4.79 Å². The zero-order chi connectivity index (χ0) is 15.7. The minimum absolute atomic E-state index is 0.0574. The van der Waals surface area contributed by atoms with E-state index in [0.29, 0.717) is 5.92 Å². The molecule has 0 aliphatic heterocycles. The first-order chi connectivity index (χ1) is 10.6. The standard InChI is InChI=1S/C17H17FN2O2/c18-15-7-13-5-6-20(16(13)8-14(15)9-19)10-11-1-3-12(4-2-11)17(21)22/h5-8,11-12H,1-4,10H2,(H,21,22)/t11-,12-. The lowest BCUT2D eigenvalue weighted by atomic mass is 9.82. The molecular weight excluding hydrogens is 283 g/mol. The second kappa shape index (κ2) is 5.80. The van der Waals surface area contributed by atoms with Gasteiger partial charge < -0.3 is 9.67 Å². The van der Waals surface area contributed by atoms with Crippen LogP contribution in [0.15, 0.2) is 24.4 Å². The van der Waals surface area contributed by atoms with E-state index >= 15 is 0 Å². The molecule has 0 bridgehead atoms. The molecule has 114 valence electrons. The van der Waals surface area contributed by atoms with Crippen molar-refractivity contribution < 1.29 is 14.3 Å². The molecule has 2 aromatic rings. The lowest BCUT2D eigenvalue weighted by Gasteiger charge is -2.26. The van der Waals surface area contributed by atoms with Crippen LogP contribution in [0, 0.1) is 29.0 Å². The number of hydrogen-bond donors (Lipinski definition) is 1. The molecule has 1 aliphatic rings. The summed E-state index contributed by atoms with van der Waals surface area (Å²) in [4.78, 5) is 11.0. The summed E-state index contributed by atoms with van der Waals surface area (Å²) in [5, 5.41) is 18.8. The molecule has 1 saturated carbocycles. The van der Waals surface area contributed by atoms with Crippen molar-refractivity contribution in [3.8, 4) is 6.07 Å². The molecule has 1 aromatic carbocycles. The summed E-state index contributed by atoms with van der Waals surface area (Å²) in [6, 6.07) is 6.71. The van der Waals surface area contributed by atoms with Crippen LogP contribution in [0.3, 0.4) is 0 Å². The van der Waals surface area contributed by atoms with Crippen molar-refractivity contribution in [2.24, 2.45) is 11.8 Å². The van der Waals surface area contributed by atoms with Crippen molar-refractivity contribution >= 4 is 16.9 Å². The third-order valence-corrected chi connectivity index (χ3v) is 4.63. The van der Waals surface area contributed by atoms with Gasteiger partial charge in [0.1, 0.15) is 11.9 Å². The second-order valence-corrected chi connectivity index (χ2v) is 6.03. The molecular formula is C17H17FN2O2. The van der Waals surface area contributed by atoms with Crippen LogP contribution in [-0.2, 0) is 11.3 Å². The van der Waals surface area contributed by atoms with E-state index in [1.54, 1.807) is 6.07 Å². The quantitative estimate of drug-likeness (QED) is 0.942. The first-order valence-corrected chi connectivity index (χ1v) is 7.49. The molecule has 0 spiro atoms. The van der Waals surface area contributed by atoms with Gasteiger partial charge in [0.25, 0.3) is 0 Å². The first kappa shape index (κ1) is 14.6. The molecule has 0 saturated heterocycles. The maximum Gasteiger partial charge on any atom is 0.306 e. The van der Waals surface area contributed by atoms with Crippen LogP contribution < -0.4 is 0 Å². The molecule has 3 rings (SSSR count). The fourth-order valence-electron chi connectivity index (χ4n) is 3.33. The number of aromatic nitrogens is 1. The molecule has 22 heavy (non-hydrogen) atoms. The minimum Gasteiger partial charge on any atom is -0.481 e. The topological polar surface area (TPSA) is 66.0 Å². The van der Waals surface area contributed by atoms with E-state index in [1.807, 2.05) is 22.9 Å². The number of carboxylic acids is 1. The fourth-order valence-corrected chi connectivity index (χ4v) is 3.33. The number of carbonyl (C=O) groups is 1. The van der Waals surface area contributed by atoms with Crippen LogP contribution in [0.4, 0.5) is 4.39 Å². The Balaban J connectivity index is 1.78. The van der Waals surface area contributed by atoms with Crippen molar-refractivity contribution in [2.75, 3.05) is 0 Å². The summed E-state index contributed by atoms with van der Waals surface area (Å²) in [6.45, 7) is 0.784. The summed E-state index contributed by atoms with van der Waals surface area (Å²) in [6.07, 6.45) is 5.13. The van der Waals surface area contributed by atoms with Crippen LogP contribution in [0.25, 0.3) is 10.9 Å². The Hall–Kier alpha value is -2.35. The number of rotatable bonds is 3. The van der Waals surface area contributed by atoms with Crippen LogP contribution in [0.1, 0.15) is 31.2 Å². The van der Waals surface area contributed by atoms with Crippen molar-refractivity contribution in [1.82, 2.24) is 4.57 Å². The number of fused-ring (bicyclic) bond motifs is 1. The zero-order valence-corrected chi connectivity index (χ0v) is 12.1. The van der Waals surface area contributed by atoms with E-state index in [0.717, 1.165) is 43.1 Å². The van der Waals surface area contributed by atoms with Gasteiger partial charge in [0, 0.05) is 23.6 Å². The highest BCUT2D eigenvalue weighted by Gasteiger charge is 2.26. The third-order valence-electron chi connectivity index (χ3n) is 4.63. The second-order valence-electron chi connectivity index (χ2n) is 6.03. The average molecular weight is 300 g/mol. The predicted molar refractivity (Wildman–Crippen MR) is 79.7 cm³/mol. The molecule has 0 amide bonds. The van der Waals surface area contributed by atoms with Crippen molar-refractivity contribution in [2.45, 2.75) is 32.2 Å². The van der Waals surface area contributed by atoms with E-state index in [4.69, 9.17) is 10.4 Å². The largest absolute Gasteiger partial charge is 0.481 e. The Morgan fingerprint density at radius 1 is 1.36 bits per heavy atom. The Kier molecular flexibility index (Phi) is 3.84. The highest BCUT2D eigenvalue weighted by Crippen LogP contribution is 2.31. The lowest BCUT2D eigenvalue weighted by molar-refractivity contribution is -0.143. The lowest BCUT2D eigenvalue weighted by Crippen LogP contribution is -2.23. The average Bonchev–Trinajstić information content (AvgIpc) is 2.88. The number of carboxylic acid groups (broad SMARTS) is 1. The van der Waals surface area contributed by atoms with Gasteiger partial charge in [0.2, 0.25) is 0 Å². The van der Waals surface area contributed by atoms with Crippen molar-refractivity contribution in [3.63, 3.8) is 0 Å². The number of hydrogen-bond acceptors (Lipinski definition) is 2. The fraction of sp³-hybridized carbons (Fsp3) is 0.412. The van der Waals surface area contributed by atoms with Crippen LogP contribution in [-0.4, -0.2) is 15.6 Å². The molecule has 1 heterocycles. The zero-order valence-electron chi connectivity index (χ0n) is 12.1. The van der Waals surface area contributed by atoms with Gasteiger partial charge in [-0.05, 0) is 49.8 Å². The summed E-state index contributed by atoms with van der Waals surface area (Å²) in [5.74, 6) is -0.965. The normalized spacial score (nSPS) is 21.6. The van der Waals surface area contributed by atoms with Crippen LogP contribution in [0.5, 0.6) is 0 Å². The third kappa shape index (κ3) is 2.69. The van der Waals surface area contributed by atoms with Crippen LogP contribution >= 0.6 is 0 Å². The molecule has 5 heteroatoms. The number of halogens is 1. The van der Waals surface area contributed by atoms with Gasteiger partial charge in [-0.1, -0.05) is 0 Å². The Labute approximate surface area is 127 Å². The predicted octanol–water partition coefficient (Wildman–Crippen LogP) is 3.54. The summed E-state index contributed by atoms with van der Waals surface area (Å²) in [7, 11) is 0. The Bertz CT molecular complexity index is 752. The highest BCUT2D eigenvalue weighted by molar-refractivity contribution is 5.81. The molecule has 1 aliphatic carbocycles. The maximum absolute atomic E-state index is 13.6. The molecule has 0 radical (unpaired) electrons. The molecule has 1 fully saturated rings. The Morgan fingerprint density at radius 3 is 2.73 bits per heavy atom. The van der Waals surface area contributed by atoms with Gasteiger partial charge in [-0.2, -0.15) is 5.26 Å². The number of aliphatic carboxylic acids is 1. The number of nitriles is 1. The Morgan fingerprint density at radius 2 is 2.09 bits per heavy atom. The smallest absolute Gasteiger partial charge is 0.306 e. The summed E-state index contributed by atoms with van der Waals surface area (Å²) in [5.41, 5.74) is 0.917. The highest BCUT2D eigenvalue weighted by atomic mass is 19.1. The van der Waals surface area contributed by atoms with Gasteiger partial charge in [-0.15, -0.1) is 0 Å². The van der Waals surface area contributed by atoms with E-state index in [2.05, 4.69) is 0 Å². The van der Waals surface area contributed by atoms with Gasteiger partial charge in [-0.25, -0.2) is 4.39 Å². The first-order valence-electron chi connectivity index (χ1n) is 7.49. The number of benzene rings is 1. The van der Waals surface area contributed by atoms with Crippen molar-refractivity contribution in [3.05, 3.63) is 35.8 Å². The van der Waals surface area contributed by atoms with E-state index in [-0.39, 0.29) is 11.5 Å². The molecule has 0 atom stereocenters. The van der Waals surface area contributed by atoms with E-state index in [9.17, 15) is 9.18 Å². The van der Waals surface area contributed by atoms with Gasteiger partial charge in [0.15, 0.2) is 0 Å². The molecule has 0 unspecified atom stereocenters. The van der Waals surface area contributed by atoms with Crippen molar-refractivity contribution in [1.29, 1.82) is 5.26 Å². The SMILES string of the molecule is N#Cc1cc2c(ccn2C[C@H]2CC[C@H](C(=O)O)CC2)cc1F. The summed E-state index contributed by atoms with van der Waals surface area (Å²) >= 11 is 0. The number of nitrogens with zero attached hydrogens (tertiary/aromatic N) is 2. The molecule has 1 aromatic heterocycles. The maximum atomic E-state index is 13.6. The van der Waals surface area contributed by atoms with E-state index < -0.39 is 11.8 Å². The van der Waals surface area contributed by atoms with Gasteiger partial charge in [0.05, 0.1) is 11.5 Å². The van der Waals surface area contributed by atoms with E-state index in [1.165, 1.54) is 6.07 Å². The van der Waals surface area contributed by atoms with Gasteiger partial charge >= 0.3 is 5.97 Å². The monoisotopic (exact) mass is 300 g/mol. The molecule has 1 N–H and O–H groups in total. The minimum atomic E-state index is -0.695. The summed E-state index contributed by atoms with van der Waals surface area (Å²) < 4.78 is 15.7.